The molecule has 3 N–H and O–H groups in total. The van der Waals surface area contributed by atoms with Crippen molar-refractivity contribution in [3.05, 3.63) is 0 Å². The largest absolute Gasteiger partial charge is 0.328 e. The highest BCUT2D eigenvalue weighted by atomic mass is 15.1. The van der Waals surface area contributed by atoms with Crippen molar-refractivity contribution in [2.45, 2.75) is 56.7 Å². The highest BCUT2D eigenvalue weighted by Crippen LogP contribution is 2.19. The number of nitrogens with two attached hydrogens (primary N) is 1. The van der Waals surface area contributed by atoms with E-state index in [4.69, 9.17) is 5.73 Å². The van der Waals surface area contributed by atoms with Gasteiger partial charge in [-0.25, -0.2) is 0 Å². The zero-order chi connectivity index (χ0) is 10.7. The van der Waals surface area contributed by atoms with Crippen LogP contribution in [0.2, 0.25) is 0 Å². The molecule has 0 aromatic heterocycles. The second kappa shape index (κ2) is 5.28. The van der Waals surface area contributed by atoms with E-state index in [1.165, 1.54) is 51.6 Å². The summed E-state index contributed by atoms with van der Waals surface area (Å²) < 4.78 is 0. The van der Waals surface area contributed by atoms with Gasteiger partial charge in [0.15, 0.2) is 0 Å². The molecule has 1 aliphatic carbocycles. The molecule has 0 bridgehead atoms. The molecule has 0 aromatic rings. The van der Waals surface area contributed by atoms with Gasteiger partial charge < -0.3 is 16.0 Å². The highest BCUT2D eigenvalue weighted by Gasteiger charge is 2.23. The van der Waals surface area contributed by atoms with Crippen molar-refractivity contribution in [3.63, 3.8) is 0 Å². The summed E-state index contributed by atoms with van der Waals surface area (Å²) in [4.78, 5) is 2.43. The molecule has 2 aliphatic rings. The molecular formula is C12H25N3. The van der Waals surface area contributed by atoms with Gasteiger partial charge in [0.25, 0.3) is 0 Å². The van der Waals surface area contributed by atoms with E-state index in [1.807, 2.05) is 0 Å². The van der Waals surface area contributed by atoms with Gasteiger partial charge in [0.05, 0.1) is 0 Å². The van der Waals surface area contributed by atoms with E-state index in [2.05, 4.69) is 17.3 Å². The Bertz CT molecular complexity index is 175. The van der Waals surface area contributed by atoms with Crippen molar-refractivity contribution in [2.75, 3.05) is 20.1 Å². The SMILES string of the molecule is CN1CCCC(NC2CCCC(N)C2)C1. The zero-order valence-corrected chi connectivity index (χ0v) is 9.91. The lowest BCUT2D eigenvalue weighted by molar-refractivity contribution is 0.201. The summed E-state index contributed by atoms with van der Waals surface area (Å²) in [5.41, 5.74) is 6.01. The first-order valence-corrected chi connectivity index (χ1v) is 6.44. The minimum Gasteiger partial charge on any atom is -0.328 e. The molecule has 88 valence electrons. The summed E-state index contributed by atoms with van der Waals surface area (Å²) in [6.07, 6.45) is 7.72. The zero-order valence-electron chi connectivity index (χ0n) is 9.91. The van der Waals surface area contributed by atoms with Crippen molar-refractivity contribution < 1.29 is 0 Å². The van der Waals surface area contributed by atoms with Crippen molar-refractivity contribution in [2.24, 2.45) is 5.73 Å². The van der Waals surface area contributed by atoms with Crippen LogP contribution in [0.1, 0.15) is 38.5 Å². The predicted octanol–water partition coefficient (Wildman–Crippen LogP) is 0.940. The second-order valence-corrected chi connectivity index (χ2v) is 5.39. The van der Waals surface area contributed by atoms with Gasteiger partial charge in [-0.05, 0) is 45.7 Å². The van der Waals surface area contributed by atoms with E-state index < -0.39 is 0 Å². The van der Waals surface area contributed by atoms with Crippen molar-refractivity contribution in [3.8, 4) is 0 Å². The maximum Gasteiger partial charge on any atom is 0.0197 e. The van der Waals surface area contributed by atoms with Crippen LogP contribution in [0.4, 0.5) is 0 Å². The van der Waals surface area contributed by atoms with Crippen LogP contribution in [0.3, 0.4) is 0 Å². The summed E-state index contributed by atoms with van der Waals surface area (Å²) in [5.74, 6) is 0. The predicted molar refractivity (Wildman–Crippen MR) is 63.9 cm³/mol. The van der Waals surface area contributed by atoms with Gasteiger partial charge in [0.2, 0.25) is 0 Å². The molecule has 0 radical (unpaired) electrons. The topological polar surface area (TPSA) is 41.3 Å². The first-order valence-electron chi connectivity index (χ1n) is 6.44. The van der Waals surface area contributed by atoms with E-state index in [0.717, 1.165) is 0 Å². The van der Waals surface area contributed by atoms with E-state index in [0.29, 0.717) is 18.1 Å². The Hall–Kier alpha value is -0.120. The molecule has 3 nitrogen and oxygen atoms in total. The van der Waals surface area contributed by atoms with Gasteiger partial charge in [-0.2, -0.15) is 0 Å². The summed E-state index contributed by atoms with van der Waals surface area (Å²) >= 11 is 0. The fourth-order valence-electron chi connectivity index (χ4n) is 3.01. The van der Waals surface area contributed by atoms with Gasteiger partial charge in [0.1, 0.15) is 0 Å². The monoisotopic (exact) mass is 211 g/mol. The Morgan fingerprint density at radius 2 is 1.93 bits per heavy atom. The molecule has 3 atom stereocenters. The third-order valence-corrected chi connectivity index (χ3v) is 3.81. The average molecular weight is 211 g/mol. The van der Waals surface area contributed by atoms with Crippen molar-refractivity contribution in [1.82, 2.24) is 10.2 Å². The first kappa shape index (κ1) is 11.4. The average Bonchev–Trinajstić information content (AvgIpc) is 2.17. The van der Waals surface area contributed by atoms with E-state index in [-0.39, 0.29) is 0 Å². The number of rotatable bonds is 2. The molecule has 1 heterocycles. The fourth-order valence-corrected chi connectivity index (χ4v) is 3.01. The molecule has 0 spiro atoms. The number of hydrogen-bond acceptors (Lipinski definition) is 3. The quantitative estimate of drug-likeness (QED) is 0.714. The van der Waals surface area contributed by atoms with Crippen molar-refractivity contribution in [1.29, 1.82) is 0 Å². The Morgan fingerprint density at radius 3 is 2.67 bits per heavy atom. The van der Waals surface area contributed by atoms with Gasteiger partial charge in [-0.15, -0.1) is 0 Å². The van der Waals surface area contributed by atoms with Gasteiger partial charge in [-0.1, -0.05) is 6.42 Å². The van der Waals surface area contributed by atoms with Crippen LogP contribution in [0.15, 0.2) is 0 Å². The number of nitrogens with one attached hydrogen (secondary N) is 1. The minimum absolute atomic E-state index is 0.442. The molecule has 3 unspecified atom stereocenters. The number of likely N-dealkylation sites (tertiary alicyclic amines) is 1. The lowest BCUT2D eigenvalue weighted by atomic mass is 9.90. The molecule has 1 saturated carbocycles. The van der Waals surface area contributed by atoms with Crippen LogP contribution < -0.4 is 11.1 Å². The first-order chi connectivity index (χ1) is 7.24. The molecule has 0 aromatic carbocycles. The molecule has 1 saturated heterocycles. The van der Waals surface area contributed by atoms with Crippen LogP contribution in [-0.2, 0) is 0 Å². The summed E-state index contributed by atoms with van der Waals surface area (Å²) in [5, 5.41) is 3.80. The molecule has 3 heteroatoms. The lowest BCUT2D eigenvalue weighted by Gasteiger charge is -2.35. The third-order valence-electron chi connectivity index (χ3n) is 3.81. The van der Waals surface area contributed by atoms with Gasteiger partial charge in [-0.3, -0.25) is 0 Å². The van der Waals surface area contributed by atoms with Gasteiger partial charge >= 0.3 is 0 Å². The Kier molecular flexibility index (Phi) is 4.00. The molecule has 1 aliphatic heterocycles. The Morgan fingerprint density at radius 1 is 1.13 bits per heavy atom. The third kappa shape index (κ3) is 3.44. The maximum atomic E-state index is 6.01. The second-order valence-electron chi connectivity index (χ2n) is 5.39. The van der Waals surface area contributed by atoms with E-state index in [1.54, 1.807) is 0 Å². The Balaban J connectivity index is 1.75. The molecule has 2 rings (SSSR count). The summed E-state index contributed by atoms with van der Waals surface area (Å²) in [6, 6.07) is 1.84. The van der Waals surface area contributed by atoms with Crippen molar-refractivity contribution >= 4 is 0 Å². The standard InChI is InChI=1S/C12H25N3/c1-15-7-3-6-12(9-15)14-11-5-2-4-10(13)8-11/h10-12,14H,2-9,13H2,1H3. The highest BCUT2D eigenvalue weighted by molar-refractivity contribution is 4.85. The normalized spacial score (nSPS) is 39.2. The summed E-state index contributed by atoms with van der Waals surface area (Å²) in [7, 11) is 2.22. The molecule has 2 fully saturated rings. The van der Waals surface area contributed by atoms with Crippen LogP contribution >= 0.6 is 0 Å². The number of hydrogen-bond donors (Lipinski definition) is 2. The maximum absolute atomic E-state index is 6.01. The smallest absolute Gasteiger partial charge is 0.0197 e. The summed E-state index contributed by atoms with van der Waals surface area (Å²) in [6.45, 7) is 2.48. The molecule has 15 heavy (non-hydrogen) atoms. The van der Waals surface area contributed by atoms with Crippen LogP contribution in [0.5, 0.6) is 0 Å². The van der Waals surface area contributed by atoms with Gasteiger partial charge in [0, 0.05) is 24.7 Å². The van der Waals surface area contributed by atoms with Crippen LogP contribution in [0, 0.1) is 0 Å². The number of nitrogens with zero attached hydrogens (tertiary/aromatic N) is 1. The Labute approximate surface area is 93.4 Å². The fraction of sp³-hybridized carbons (Fsp3) is 1.00. The molecular weight excluding hydrogens is 186 g/mol. The lowest BCUT2D eigenvalue weighted by Crippen LogP contribution is -2.50. The van der Waals surface area contributed by atoms with Crippen LogP contribution in [0.25, 0.3) is 0 Å². The van der Waals surface area contributed by atoms with E-state index in [9.17, 15) is 0 Å². The van der Waals surface area contributed by atoms with E-state index >= 15 is 0 Å². The number of likely N-dealkylation sites (N-methyl/N-ethyl adjacent to an activating group) is 1. The number of piperidine rings is 1. The minimum atomic E-state index is 0.442. The molecule has 0 amide bonds. The van der Waals surface area contributed by atoms with Crippen LogP contribution in [-0.4, -0.2) is 43.2 Å².